The maximum Gasteiger partial charge on any atom is 0.261 e. The summed E-state index contributed by atoms with van der Waals surface area (Å²) in [6.07, 6.45) is 3.94. The second kappa shape index (κ2) is 9.08. The van der Waals surface area contributed by atoms with E-state index in [1.54, 1.807) is 0 Å². The average molecular weight is 443 g/mol. The van der Waals surface area contributed by atoms with Crippen molar-refractivity contribution in [2.45, 2.75) is 37.7 Å². The van der Waals surface area contributed by atoms with E-state index in [9.17, 15) is 14.7 Å². The minimum atomic E-state index is -0.626. The van der Waals surface area contributed by atoms with Crippen LogP contribution in [0.5, 0.6) is 0 Å². The van der Waals surface area contributed by atoms with E-state index in [-0.39, 0.29) is 11.8 Å². The van der Waals surface area contributed by atoms with Gasteiger partial charge in [0.2, 0.25) is 0 Å². The van der Waals surface area contributed by atoms with Gasteiger partial charge in [-0.3, -0.25) is 14.5 Å². The molecule has 170 valence electrons. The molecule has 0 radical (unpaired) electrons. The number of likely N-dealkylation sites (tertiary alicyclic amines) is 1. The van der Waals surface area contributed by atoms with E-state index in [0.717, 1.165) is 56.1 Å². The minimum Gasteiger partial charge on any atom is -0.389 e. The predicted molar refractivity (Wildman–Crippen MR) is 129 cm³/mol. The first-order valence-electron chi connectivity index (χ1n) is 11.9. The zero-order valence-electron chi connectivity index (χ0n) is 18.9. The Bertz CT molecular complexity index is 1120. The molecule has 0 unspecified atom stereocenters. The van der Waals surface area contributed by atoms with Crippen LogP contribution in [0, 0.1) is 0 Å². The topological polar surface area (TPSA) is 60.9 Å². The van der Waals surface area contributed by atoms with Crippen molar-refractivity contribution in [2.75, 3.05) is 26.2 Å². The molecular weight excluding hydrogens is 412 g/mol. The van der Waals surface area contributed by atoms with Crippen LogP contribution in [0.3, 0.4) is 0 Å². The Morgan fingerprint density at radius 3 is 2.00 bits per heavy atom. The van der Waals surface area contributed by atoms with E-state index < -0.39 is 5.60 Å². The van der Waals surface area contributed by atoms with Gasteiger partial charge in [-0.1, -0.05) is 54.6 Å². The van der Waals surface area contributed by atoms with Crippen LogP contribution in [0.2, 0.25) is 0 Å². The SMILES string of the molecule is O=C1c2cccc3cccc(c23)C(=O)N1CCCCN1CCC(O)(Cc2ccccc2)CC1. The average Bonchev–Trinajstić information content (AvgIpc) is 2.83. The molecular formula is C28H30N2O3. The van der Waals surface area contributed by atoms with Gasteiger partial charge >= 0.3 is 0 Å². The number of piperidine rings is 1. The van der Waals surface area contributed by atoms with Crippen LogP contribution in [0.25, 0.3) is 10.8 Å². The molecule has 1 fully saturated rings. The molecule has 3 aromatic carbocycles. The second-order valence-electron chi connectivity index (χ2n) is 9.41. The first-order chi connectivity index (χ1) is 16.0. The number of aliphatic hydroxyl groups is 1. The van der Waals surface area contributed by atoms with Crippen molar-refractivity contribution in [3.63, 3.8) is 0 Å². The summed E-state index contributed by atoms with van der Waals surface area (Å²) in [7, 11) is 0. The third-order valence-corrected chi connectivity index (χ3v) is 7.12. The Kier molecular flexibility index (Phi) is 6.00. The van der Waals surface area contributed by atoms with Gasteiger partial charge in [0.25, 0.3) is 11.8 Å². The summed E-state index contributed by atoms with van der Waals surface area (Å²) < 4.78 is 0. The van der Waals surface area contributed by atoms with Crippen molar-refractivity contribution < 1.29 is 14.7 Å². The summed E-state index contributed by atoms with van der Waals surface area (Å²) in [5.41, 5.74) is 1.80. The molecule has 0 bridgehead atoms. The molecule has 2 aliphatic heterocycles. The van der Waals surface area contributed by atoms with Crippen molar-refractivity contribution in [2.24, 2.45) is 0 Å². The fourth-order valence-electron chi connectivity index (χ4n) is 5.23. The summed E-state index contributed by atoms with van der Waals surface area (Å²) in [6, 6.07) is 21.5. The van der Waals surface area contributed by atoms with Gasteiger partial charge in [0.15, 0.2) is 0 Å². The zero-order valence-corrected chi connectivity index (χ0v) is 18.9. The number of benzene rings is 3. The van der Waals surface area contributed by atoms with Gasteiger partial charge in [-0.05, 0) is 55.3 Å². The Balaban J connectivity index is 1.12. The minimum absolute atomic E-state index is 0.187. The number of imide groups is 1. The van der Waals surface area contributed by atoms with Crippen molar-refractivity contribution >= 4 is 22.6 Å². The number of unbranched alkanes of at least 4 members (excludes halogenated alkanes) is 1. The summed E-state index contributed by atoms with van der Waals surface area (Å²) in [5.74, 6) is -0.374. The van der Waals surface area contributed by atoms with Crippen LogP contribution < -0.4 is 0 Å². The lowest BCUT2D eigenvalue weighted by Crippen LogP contribution is -2.46. The number of hydrogen-bond donors (Lipinski definition) is 1. The van der Waals surface area contributed by atoms with Gasteiger partial charge in [-0.25, -0.2) is 0 Å². The summed E-state index contributed by atoms with van der Waals surface area (Å²) in [5, 5.41) is 12.7. The molecule has 5 rings (SSSR count). The Morgan fingerprint density at radius 1 is 0.758 bits per heavy atom. The van der Waals surface area contributed by atoms with Crippen molar-refractivity contribution in [3.05, 3.63) is 83.4 Å². The van der Waals surface area contributed by atoms with E-state index in [1.807, 2.05) is 54.6 Å². The number of carbonyl (C=O) groups is 2. The van der Waals surface area contributed by atoms with Crippen LogP contribution in [-0.4, -0.2) is 58.5 Å². The molecule has 0 aromatic heterocycles. The molecule has 5 nitrogen and oxygen atoms in total. The molecule has 2 amide bonds. The highest BCUT2D eigenvalue weighted by Gasteiger charge is 2.33. The molecule has 0 aliphatic carbocycles. The number of amides is 2. The van der Waals surface area contributed by atoms with E-state index >= 15 is 0 Å². The van der Waals surface area contributed by atoms with Crippen LogP contribution >= 0.6 is 0 Å². The van der Waals surface area contributed by atoms with Crippen LogP contribution in [-0.2, 0) is 6.42 Å². The molecule has 5 heteroatoms. The standard InChI is InChI=1S/C28H30N2O3/c31-26-23-12-6-10-22-11-7-13-24(25(22)23)27(32)30(26)17-5-4-16-29-18-14-28(33,15-19-29)20-21-8-2-1-3-9-21/h1-3,6-13,33H,4-5,14-20H2. The van der Waals surface area contributed by atoms with E-state index in [2.05, 4.69) is 17.0 Å². The lowest BCUT2D eigenvalue weighted by atomic mass is 9.85. The molecule has 0 spiro atoms. The molecule has 2 heterocycles. The van der Waals surface area contributed by atoms with Gasteiger partial charge in [0.05, 0.1) is 5.60 Å². The summed E-state index contributed by atoms with van der Waals surface area (Å²) in [6.45, 7) is 3.11. The number of rotatable bonds is 7. The maximum absolute atomic E-state index is 13.0. The molecule has 1 saturated heterocycles. The van der Waals surface area contributed by atoms with Crippen molar-refractivity contribution in [1.82, 2.24) is 9.80 Å². The largest absolute Gasteiger partial charge is 0.389 e. The molecule has 0 saturated carbocycles. The highest BCUT2D eigenvalue weighted by molar-refractivity contribution is 6.25. The van der Waals surface area contributed by atoms with Gasteiger partial charge in [0, 0.05) is 42.6 Å². The van der Waals surface area contributed by atoms with Crippen LogP contribution in [0.4, 0.5) is 0 Å². The number of hydrogen-bond acceptors (Lipinski definition) is 4. The summed E-state index contributed by atoms with van der Waals surface area (Å²) >= 11 is 0. The van der Waals surface area contributed by atoms with E-state index in [0.29, 0.717) is 24.1 Å². The lowest BCUT2D eigenvalue weighted by molar-refractivity contribution is -0.0209. The van der Waals surface area contributed by atoms with Gasteiger partial charge in [0.1, 0.15) is 0 Å². The van der Waals surface area contributed by atoms with E-state index in [1.165, 1.54) is 10.5 Å². The predicted octanol–water partition coefficient (Wildman–Crippen LogP) is 4.29. The second-order valence-corrected chi connectivity index (χ2v) is 9.41. The molecule has 0 atom stereocenters. The van der Waals surface area contributed by atoms with E-state index in [4.69, 9.17) is 0 Å². The summed E-state index contributed by atoms with van der Waals surface area (Å²) in [4.78, 5) is 29.8. The highest BCUT2D eigenvalue weighted by atomic mass is 16.3. The zero-order chi connectivity index (χ0) is 22.8. The van der Waals surface area contributed by atoms with Gasteiger partial charge in [-0.2, -0.15) is 0 Å². The van der Waals surface area contributed by atoms with Crippen molar-refractivity contribution in [3.8, 4) is 0 Å². The van der Waals surface area contributed by atoms with Crippen molar-refractivity contribution in [1.29, 1.82) is 0 Å². The normalized spacial score (nSPS) is 18.2. The highest BCUT2D eigenvalue weighted by Crippen LogP contribution is 2.30. The fraction of sp³-hybridized carbons (Fsp3) is 0.357. The van der Waals surface area contributed by atoms with Gasteiger partial charge < -0.3 is 10.0 Å². The first-order valence-corrected chi connectivity index (χ1v) is 11.9. The monoisotopic (exact) mass is 442 g/mol. The Labute approximate surface area is 194 Å². The smallest absolute Gasteiger partial charge is 0.261 e. The Morgan fingerprint density at radius 2 is 1.36 bits per heavy atom. The van der Waals surface area contributed by atoms with Crippen LogP contribution in [0.1, 0.15) is 52.0 Å². The molecule has 33 heavy (non-hydrogen) atoms. The molecule has 3 aromatic rings. The van der Waals surface area contributed by atoms with Crippen LogP contribution in [0.15, 0.2) is 66.7 Å². The lowest BCUT2D eigenvalue weighted by Gasteiger charge is -2.38. The fourth-order valence-corrected chi connectivity index (χ4v) is 5.23. The maximum atomic E-state index is 13.0. The molecule has 1 N–H and O–H groups in total. The quantitative estimate of drug-likeness (QED) is 0.438. The number of carbonyl (C=O) groups excluding carboxylic acids is 2. The third kappa shape index (κ3) is 4.43. The third-order valence-electron chi connectivity index (χ3n) is 7.12. The number of nitrogens with zero attached hydrogens (tertiary/aromatic N) is 2. The molecule has 2 aliphatic rings. The van der Waals surface area contributed by atoms with Gasteiger partial charge in [-0.15, -0.1) is 0 Å². The Hall–Kier alpha value is -3.02. The first kappa shape index (κ1) is 21.8.